The van der Waals surface area contributed by atoms with Gasteiger partial charge in [0.2, 0.25) is 7.37 Å². The van der Waals surface area contributed by atoms with Gasteiger partial charge >= 0.3 is 5.97 Å². The van der Waals surface area contributed by atoms with E-state index >= 15 is 0 Å². The molecule has 0 radical (unpaired) electrons. The molecule has 4 nitrogen and oxygen atoms in total. The van der Waals surface area contributed by atoms with Gasteiger partial charge < -0.3 is 10.00 Å². The molecule has 1 aliphatic rings. The molecule has 0 amide bonds. The molecule has 0 heterocycles. The number of carbonyl (C=O) groups is 1. The Hall–Kier alpha value is -0.600. The Morgan fingerprint density at radius 1 is 1.50 bits per heavy atom. The van der Waals surface area contributed by atoms with Crippen molar-refractivity contribution in [2.24, 2.45) is 11.8 Å². The monoisotopic (exact) mass is 246 g/mol. The van der Waals surface area contributed by atoms with Gasteiger partial charge in [-0.1, -0.05) is 19.9 Å². The van der Waals surface area contributed by atoms with Crippen LogP contribution in [0, 0.1) is 11.8 Å². The van der Waals surface area contributed by atoms with E-state index in [-0.39, 0.29) is 23.8 Å². The lowest BCUT2D eigenvalue weighted by atomic mass is 10.2. The van der Waals surface area contributed by atoms with Gasteiger partial charge in [0, 0.05) is 11.7 Å². The predicted octanol–water partition coefficient (Wildman–Crippen LogP) is 2.33. The lowest BCUT2D eigenvalue weighted by Crippen LogP contribution is -2.09. The van der Waals surface area contributed by atoms with E-state index in [4.69, 9.17) is 5.11 Å². The van der Waals surface area contributed by atoms with Gasteiger partial charge in [-0.2, -0.15) is 0 Å². The number of hydrogen-bond acceptors (Lipinski definition) is 2. The molecule has 1 aliphatic carbocycles. The number of allylic oxidation sites excluding steroid dienone is 1. The fourth-order valence-electron chi connectivity index (χ4n) is 1.64. The Balaban J connectivity index is 2.67. The first-order chi connectivity index (χ1) is 7.30. The standard InChI is InChI=1S/C11H19O4P/c1-8(2)6-16(14,15)7-10(11(12)13)5-9-3-4-9/h5,8-9H,3-4,6-7H2,1-2H3,(H,12,13)(H,14,15)/b10-5+. The third kappa shape index (κ3) is 4.95. The number of carboxylic acids is 1. The van der Waals surface area contributed by atoms with E-state index in [1.165, 1.54) is 0 Å². The van der Waals surface area contributed by atoms with Gasteiger partial charge in [0.05, 0.1) is 6.16 Å². The van der Waals surface area contributed by atoms with E-state index in [1.54, 1.807) is 6.08 Å². The van der Waals surface area contributed by atoms with E-state index in [0.717, 1.165) is 12.8 Å². The first kappa shape index (κ1) is 13.5. The summed E-state index contributed by atoms with van der Waals surface area (Å²) >= 11 is 0. The van der Waals surface area contributed by atoms with Crippen molar-refractivity contribution in [2.75, 3.05) is 12.3 Å². The van der Waals surface area contributed by atoms with Gasteiger partial charge in [-0.25, -0.2) is 4.79 Å². The smallest absolute Gasteiger partial charge is 0.331 e. The molecule has 0 aromatic carbocycles. The van der Waals surface area contributed by atoms with Crippen LogP contribution in [-0.2, 0) is 9.36 Å². The third-order valence-corrected chi connectivity index (χ3v) is 4.54. The maximum atomic E-state index is 11.8. The van der Waals surface area contributed by atoms with Crippen molar-refractivity contribution in [1.82, 2.24) is 0 Å². The van der Waals surface area contributed by atoms with Crippen LogP contribution in [0.4, 0.5) is 0 Å². The second kappa shape index (κ2) is 5.15. The molecular weight excluding hydrogens is 227 g/mol. The minimum atomic E-state index is -3.34. The number of hydrogen-bond donors (Lipinski definition) is 2. The molecule has 0 saturated heterocycles. The minimum absolute atomic E-state index is 0.104. The van der Waals surface area contributed by atoms with Crippen molar-refractivity contribution in [1.29, 1.82) is 0 Å². The van der Waals surface area contributed by atoms with Crippen LogP contribution in [0.25, 0.3) is 0 Å². The van der Waals surface area contributed by atoms with E-state index in [1.807, 2.05) is 13.8 Å². The van der Waals surface area contributed by atoms with Crippen molar-refractivity contribution in [3.8, 4) is 0 Å². The fourth-order valence-corrected chi connectivity index (χ4v) is 3.68. The molecule has 0 aromatic heterocycles. The molecule has 0 aromatic rings. The molecule has 0 bridgehead atoms. The summed E-state index contributed by atoms with van der Waals surface area (Å²) in [4.78, 5) is 20.6. The summed E-state index contributed by atoms with van der Waals surface area (Å²) in [6, 6.07) is 0. The highest BCUT2D eigenvalue weighted by Gasteiger charge is 2.27. The van der Waals surface area contributed by atoms with Crippen LogP contribution in [0.15, 0.2) is 11.6 Å². The van der Waals surface area contributed by atoms with Crippen LogP contribution >= 0.6 is 7.37 Å². The molecule has 2 N–H and O–H groups in total. The molecule has 1 rings (SSSR count). The maximum absolute atomic E-state index is 11.8. The van der Waals surface area contributed by atoms with E-state index < -0.39 is 13.3 Å². The zero-order chi connectivity index (χ0) is 12.3. The zero-order valence-corrected chi connectivity index (χ0v) is 10.6. The van der Waals surface area contributed by atoms with Crippen LogP contribution in [-0.4, -0.2) is 28.3 Å². The van der Waals surface area contributed by atoms with Crippen molar-refractivity contribution >= 4 is 13.3 Å². The highest BCUT2D eigenvalue weighted by Crippen LogP contribution is 2.45. The van der Waals surface area contributed by atoms with Crippen molar-refractivity contribution in [2.45, 2.75) is 26.7 Å². The van der Waals surface area contributed by atoms with Crippen LogP contribution in [0.5, 0.6) is 0 Å². The van der Waals surface area contributed by atoms with Crippen LogP contribution in [0.3, 0.4) is 0 Å². The Bertz CT molecular complexity index is 342. The zero-order valence-electron chi connectivity index (χ0n) is 9.72. The minimum Gasteiger partial charge on any atom is -0.478 e. The van der Waals surface area contributed by atoms with E-state index in [0.29, 0.717) is 5.92 Å². The average molecular weight is 246 g/mol. The van der Waals surface area contributed by atoms with Crippen LogP contribution < -0.4 is 0 Å². The fraction of sp³-hybridized carbons (Fsp3) is 0.727. The maximum Gasteiger partial charge on any atom is 0.331 e. The Labute approximate surface area is 95.8 Å². The Morgan fingerprint density at radius 2 is 2.06 bits per heavy atom. The molecule has 0 spiro atoms. The summed E-state index contributed by atoms with van der Waals surface area (Å²) in [7, 11) is -3.34. The van der Waals surface area contributed by atoms with Crippen molar-refractivity contribution < 1.29 is 19.4 Å². The Kier molecular flexibility index (Phi) is 4.34. The van der Waals surface area contributed by atoms with Gasteiger partial charge in [-0.05, 0) is 24.7 Å². The Morgan fingerprint density at radius 3 is 2.44 bits per heavy atom. The first-order valence-corrected chi connectivity index (χ1v) is 7.58. The second-order valence-electron chi connectivity index (χ2n) is 4.92. The first-order valence-electron chi connectivity index (χ1n) is 5.55. The molecule has 1 unspecified atom stereocenters. The molecule has 92 valence electrons. The normalized spacial score (nSPS) is 20.9. The lowest BCUT2D eigenvalue weighted by molar-refractivity contribution is -0.132. The van der Waals surface area contributed by atoms with Crippen molar-refractivity contribution in [3.63, 3.8) is 0 Å². The summed E-state index contributed by atoms with van der Waals surface area (Å²) in [5.74, 6) is -0.651. The van der Waals surface area contributed by atoms with E-state index in [2.05, 4.69) is 0 Å². The van der Waals surface area contributed by atoms with E-state index in [9.17, 15) is 14.3 Å². The highest BCUT2D eigenvalue weighted by molar-refractivity contribution is 7.58. The SMILES string of the molecule is CC(C)CP(=O)(O)C/C(=C\C1CC1)C(=O)O. The summed E-state index contributed by atoms with van der Waals surface area (Å²) in [5, 5.41) is 8.95. The largest absolute Gasteiger partial charge is 0.478 e. The molecule has 16 heavy (non-hydrogen) atoms. The molecule has 5 heteroatoms. The number of aliphatic carboxylic acids is 1. The van der Waals surface area contributed by atoms with Gasteiger partial charge in [0.1, 0.15) is 0 Å². The van der Waals surface area contributed by atoms with Crippen LogP contribution in [0.1, 0.15) is 26.7 Å². The predicted molar refractivity (Wildman–Crippen MR) is 62.8 cm³/mol. The van der Waals surface area contributed by atoms with Gasteiger partial charge in [-0.3, -0.25) is 4.57 Å². The second-order valence-corrected chi connectivity index (χ2v) is 7.29. The molecular formula is C11H19O4P. The van der Waals surface area contributed by atoms with Gasteiger partial charge in [0.25, 0.3) is 0 Å². The molecule has 1 fully saturated rings. The number of rotatable bonds is 6. The highest BCUT2D eigenvalue weighted by atomic mass is 31.2. The summed E-state index contributed by atoms with van der Waals surface area (Å²) in [6.45, 7) is 3.71. The third-order valence-electron chi connectivity index (χ3n) is 2.40. The summed E-state index contributed by atoms with van der Waals surface area (Å²) in [6.07, 6.45) is 3.62. The summed E-state index contributed by atoms with van der Waals surface area (Å²) < 4.78 is 11.8. The van der Waals surface area contributed by atoms with Crippen LogP contribution in [0.2, 0.25) is 0 Å². The van der Waals surface area contributed by atoms with Crippen molar-refractivity contribution in [3.05, 3.63) is 11.6 Å². The summed E-state index contributed by atoms with van der Waals surface area (Å²) in [5.41, 5.74) is 0.106. The lowest BCUT2D eigenvalue weighted by Gasteiger charge is -2.14. The molecule has 1 saturated carbocycles. The average Bonchev–Trinajstić information content (AvgIpc) is 2.83. The molecule has 0 aliphatic heterocycles. The van der Waals surface area contributed by atoms with Gasteiger partial charge in [0.15, 0.2) is 0 Å². The van der Waals surface area contributed by atoms with Gasteiger partial charge in [-0.15, -0.1) is 0 Å². The molecule has 1 atom stereocenters. The topological polar surface area (TPSA) is 74.6 Å². The number of carboxylic acid groups (broad SMARTS) is 1. The quantitative estimate of drug-likeness (QED) is 0.557.